The van der Waals surface area contributed by atoms with Crippen LogP contribution in [-0.2, 0) is 11.0 Å². The van der Waals surface area contributed by atoms with Crippen LogP contribution in [-0.4, -0.2) is 43.2 Å². The molecule has 4 nitrogen and oxygen atoms in total. The summed E-state index contributed by atoms with van der Waals surface area (Å²) >= 11 is 0. The predicted octanol–water partition coefficient (Wildman–Crippen LogP) is 4.37. The molecule has 1 amide bonds. The van der Waals surface area contributed by atoms with Crippen LogP contribution in [0.3, 0.4) is 0 Å². The topological polar surface area (TPSA) is 47.3 Å². The van der Waals surface area contributed by atoms with Gasteiger partial charge in [0.2, 0.25) is 5.91 Å². The Balaban J connectivity index is 3.52. The fraction of sp³-hybridized carbons (Fsp3) is 0.444. The SMILES string of the molecule is C=CCN(C)C(=O)C(CC)N(CC(F)(F)F)c1ccc(C#N)c(C(F)(F)F)c1. The van der Waals surface area contributed by atoms with E-state index in [1.54, 1.807) is 0 Å². The Morgan fingerprint density at radius 2 is 1.89 bits per heavy atom. The van der Waals surface area contributed by atoms with Gasteiger partial charge in [0.1, 0.15) is 12.6 Å². The molecule has 1 unspecified atom stereocenters. The van der Waals surface area contributed by atoms with Gasteiger partial charge < -0.3 is 9.80 Å². The number of alkyl halides is 6. The van der Waals surface area contributed by atoms with Gasteiger partial charge in [-0.2, -0.15) is 31.6 Å². The first-order valence-corrected chi connectivity index (χ1v) is 8.16. The number of likely N-dealkylation sites (N-methyl/N-ethyl adjacent to an activating group) is 1. The van der Waals surface area contributed by atoms with Crippen molar-refractivity contribution in [3.05, 3.63) is 42.0 Å². The van der Waals surface area contributed by atoms with Crippen molar-refractivity contribution in [3.63, 3.8) is 0 Å². The number of carbonyl (C=O) groups excluding carboxylic acids is 1. The summed E-state index contributed by atoms with van der Waals surface area (Å²) in [6, 6.07) is 2.26. The van der Waals surface area contributed by atoms with Crippen LogP contribution in [0.4, 0.5) is 32.0 Å². The Morgan fingerprint density at radius 3 is 2.32 bits per heavy atom. The maximum atomic E-state index is 13.2. The predicted molar refractivity (Wildman–Crippen MR) is 91.5 cm³/mol. The number of carbonyl (C=O) groups is 1. The molecule has 0 saturated heterocycles. The average Bonchev–Trinajstić information content (AvgIpc) is 2.59. The highest BCUT2D eigenvalue weighted by Gasteiger charge is 2.39. The Labute approximate surface area is 158 Å². The van der Waals surface area contributed by atoms with E-state index in [9.17, 15) is 31.1 Å². The van der Waals surface area contributed by atoms with E-state index in [0.29, 0.717) is 11.0 Å². The maximum absolute atomic E-state index is 13.2. The summed E-state index contributed by atoms with van der Waals surface area (Å²) in [6.07, 6.45) is -8.40. The number of nitrogens with zero attached hydrogens (tertiary/aromatic N) is 3. The zero-order valence-corrected chi connectivity index (χ0v) is 15.2. The van der Waals surface area contributed by atoms with Crippen LogP contribution in [0.1, 0.15) is 24.5 Å². The molecule has 1 aromatic carbocycles. The quantitative estimate of drug-likeness (QED) is 0.498. The fourth-order valence-electron chi connectivity index (χ4n) is 2.68. The van der Waals surface area contributed by atoms with Crippen LogP contribution >= 0.6 is 0 Å². The van der Waals surface area contributed by atoms with Crippen LogP contribution in [0, 0.1) is 11.3 Å². The van der Waals surface area contributed by atoms with Gasteiger partial charge in [0.25, 0.3) is 0 Å². The number of hydrogen-bond donors (Lipinski definition) is 0. The fourth-order valence-corrected chi connectivity index (χ4v) is 2.68. The van der Waals surface area contributed by atoms with Crippen molar-refractivity contribution >= 4 is 11.6 Å². The second-order valence-corrected chi connectivity index (χ2v) is 6.01. The second kappa shape index (κ2) is 8.99. The van der Waals surface area contributed by atoms with Crippen LogP contribution in [0.25, 0.3) is 0 Å². The Kier molecular flexibility index (Phi) is 7.50. The molecule has 0 bridgehead atoms. The van der Waals surface area contributed by atoms with E-state index in [0.717, 1.165) is 17.0 Å². The van der Waals surface area contributed by atoms with E-state index in [4.69, 9.17) is 5.26 Å². The molecule has 0 aliphatic heterocycles. The third kappa shape index (κ3) is 5.90. The minimum absolute atomic E-state index is 0.0658. The van der Waals surface area contributed by atoms with Gasteiger partial charge in [-0.05, 0) is 24.6 Å². The van der Waals surface area contributed by atoms with E-state index >= 15 is 0 Å². The van der Waals surface area contributed by atoms with E-state index < -0.39 is 47.7 Å². The number of rotatable bonds is 7. The first-order valence-electron chi connectivity index (χ1n) is 8.16. The van der Waals surface area contributed by atoms with Gasteiger partial charge in [-0.1, -0.05) is 13.0 Å². The number of halogens is 6. The summed E-state index contributed by atoms with van der Waals surface area (Å²) in [4.78, 5) is 14.3. The van der Waals surface area contributed by atoms with Gasteiger partial charge >= 0.3 is 12.4 Å². The Hall–Kier alpha value is -2.70. The molecule has 1 atom stereocenters. The molecule has 0 fully saturated rings. The van der Waals surface area contributed by atoms with Crippen molar-refractivity contribution in [2.45, 2.75) is 31.7 Å². The molecule has 0 radical (unpaired) electrons. The molecule has 0 N–H and O–H groups in total. The summed E-state index contributed by atoms with van der Waals surface area (Å²) < 4.78 is 79.0. The molecule has 10 heteroatoms. The highest BCUT2D eigenvalue weighted by Crippen LogP contribution is 2.36. The first kappa shape index (κ1) is 23.3. The summed E-state index contributed by atoms with van der Waals surface area (Å²) in [5.74, 6) is -0.690. The van der Waals surface area contributed by atoms with Crippen molar-refractivity contribution in [2.24, 2.45) is 0 Å². The molecule has 0 aromatic heterocycles. The van der Waals surface area contributed by atoms with Gasteiger partial charge in [-0.25, -0.2) is 0 Å². The van der Waals surface area contributed by atoms with Crippen molar-refractivity contribution < 1.29 is 31.1 Å². The number of amides is 1. The Morgan fingerprint density at radius 1 is 1.29 bits per heavy atom. The molecule has 28 heavy (non-hydrogen) atoms. The lowest BCUT2D eigenvalue weighted by Crippen LogP contribution is -2.50. The summed E-state index contributed by atoms with van der Waals surface area (Å²) in [5, 5.41) is 8.86. The smallest absolute Gasteiger partial charge is 0.350 e. The second-order valence-electron chi connectivity index (χ2n) is 6.01. The van der Waals surface area contributed by atoms with Gasteiger partial charge in [0, 0.05) is 19.3 Å². The molecule has 154 valence electrons. The van der Waals surface area contributed by atoms with E-state index in [2.05, 4.69) is 6.58 Å². The lowest BCUT2D eigenvalue weighted by atomic mass is 10.0. The van der Waals surface area contributed by atoms with Crippen molar-refractivity contribution in [1.29, 1.82) is 5.26 Å². The van der Waals surface area contributed by atoms with Crippen LogP contribution < -0.4 is 4.90 Å². The van der Waals surface area contributed by atoms with Crippen molar-refractivity contribution in [2.75, 3.05) is 25.0 Å². The van der Waals surface area contributed by atoms with E-state index in [-0.39, 0.29) is 13.0 Å². The van der Waals surface area contributed by atoms with Crippen LogP contribution in [0.2, 0.25) is 0 Å². The zero-order chi connectivity index (χ0) is 21.7. The standard InChI is InChI=1S/C18H19F6N3O/c1-4-8-26(3)16(28)15(5-2)27(11-17(19,20)21)13-7-6-12(10-25)14(9-13)18(22,23)24/h4,6-7,9,15H,1,5,8,11H2,2-3H3. The number of benzene rings is 1. The summed E-state index contributed by atoms with van der Waals surface area (Å²) in [7, 11) is 1.36. The monoisotopic (exact) mass is 407 g/mol. The summed E-state index contributed by atoms with van der Waals surface area (Å²) in [6.45, 7) is 3.35. The minimum atomic E-state index is -4.93. The van der Waals surface area contributed by atoms with Gasteiger partial charge in [-0.3, -0.25) is 4.79 Å². The molecule has 0 saturated carbocycles. The van der Waals surface area contributed by atoms with E-state index in [1.165, 1.54) is 26.1 Å². The molecular weight excluding hydrogens is 388 g/mol. The third-order valence-electron chi connectivity index (χ3n) is 3.94. The third-order valence-corrected chi connectivity index (χ3v) is 3.94. The van der Waals surface area contributed by atoms with Gasteiger partial charge in [0.15, 0.2) is 0 Å². The number of hydrogen-bond acceptors (Lipinski definition) is 3. The molecule has 1 aromatic rings. The van der Waals surface area contributed by atoms with Gasteiger partial charge in [-0.15, -0.1) is 6.58 Å². The highest BCUT2D eigenvalue weighted by atomic mass is 19.4. The van der Waals surface area contributed by atoms with Crippen LogP contribution in [0.5, 0.6) is 0 Å². The molecular formula is C18H19F6N3O. The zero-order valence-electron chi connectivity index (χ0n) is 15.2. The minimum Gasteiger partial charge on any atom is -0.350 e. The largest absolute Gasteiger partial charge is 0.417 e. The first-order chi connectivity index (χ1) is 12.9. The normalized spacial score (nSPS) is 12.8. The highest BCUT2D eigenvalue weighted by molar-refractivity contribution is 5.85. The molecule has 0 heterocycles. The number of anilines is 1. The van der Waals surface area contributed by atoms with Gasteiger partial charge in [0.05, 0.1) is 17.2 Å². The van der Waals surface area contributed by atoms with Crippen LogP contribution in [0.15, 0.2) is 30.9 Å². The lowest BCUT2D eigenvalue weighted by molar-refractivity contribution is -0.137. The molecule has 1 rings (SSSR count). The average molecular weight is 407 g/mol. The summed E-state index contributed by atoms with van der Waals surface area (Å²) in [5.41, 5.74) is -2.52. The lowest BCUT2D eigenvalue weighted by Gasteiger charge is -2.35. The maximum Gasteiger partial charge on any atom is 0.417 e. The number of nitriles is 1. The van der Waals surface area contributed by atoms with E-state index in [1.807, 2.05) is 0 Å². The van der Waals surface area contributed by atoms with Crippen molar-refractivity contribution in [1.82, 2.24) is 4.90 Å². The molecule has 0 spiro atoms. The van der Waals surface area contributed by atoms with Crippen molar-refractivity contribution in [3.8, 4) is 6.07 Å². The molecule has 0 aliphatic rings. The Bertz CT molecular complexity index is 751. The molecule has 0 aliphatic carbocycles.